The number of thiophene rings is 1. The molecule has 0 aliphatic carbocycles. The Morgan fingerprint density at radius 3 is 2.55 bits per heavy atom. The van der Waals surface area contributed by atoms with E-state index in [1.165, 1.54) is 21.8 Å². The second-order valence-corrected chi connectivity index (χ2v) is 8.07. The highest BCUT2D eigenvalue weighted by Crippen LogP contribution is 2.25. The van der Waals surface area contributed by atoms with E-state index in [4.69, 9.17) is 9.47 Å². The van der Waals surface area contributed by atoms with Crippen molar-refractivity contribution in [1.29, 1.82) is 0 Å². The fraction of sp³-hybridized carbons (Fsp3) is 0.455. The zero-order valence-corrected chi connectivity index (χ0v) is 17.8. The van der Waals surface area contributed by atoms with Crippen LogP contribution in [0.3, 0.4) is 0 Å². The number of nitrogens with zero attached hydrogens (tertiary/aromatic N) is 1. The second kappa shape index (κ2) is 10.4. The Labute approximate surface area is 175 Å². The van der Waals surface area contributed by atoms with Crippen molar-refractivity contribution in [3.05, 3.63) is 45.6 Å². The van der Waals surface area contributed by atoms with Gasteiger partial charge in [-0.05, 0) is 48.7 Å². The molecule has 2 aromatic rings. The van der Waals surface area contributed by atoms with E-state index >= 15 is 0 Å². The van der Waals surface area contributed by atoms with Crippen LogP contribution in [0.15, 0.2) is 30.3 Å². The van der Waals surface area contributed by atoms with Crippen molar-refractivity contribution >= 4 is 34.6 Å². The number of morpholine rings is 1. The number of ether oxygens (including phenoxy) is 2. The van der Waals surface area contributed by atoms with E-state index in [1.807, 2.05) is 30.3 Å². The summed E-state index contributed by atoms with van der Waals surface area (Å²) < 4.78 is 10.6. The third-order valence-electron chi connectivity index (χ3n) is 4.82. The molecule has 1 aliphatic heterocycles. The van der Waals surface area contributed by atoms with Gasteiger partial charge in [0.1, 0.15) is 4.88 Å². The number of hydrogen-bond acceptors (Lipinski definition) is 6. The van der Waals surface area contributed by atoms with Gasteiger partial charge in [0.25, 0.3) is 5.91 Å². The number of hydrogen-bond donors (Lipinski definition) is 1. The molecular weight excluding hydrogens is 388 g/mol. The van der Waals surface area contributed by atoms with Gasteiger partial charge < -0.3 is 19.7 Å². The quantitative estimate of drug-likeness (QED) is 0.661. The molecule has 0 radical (unpaired) electrons. The molecule has 1 aromatic heterocycles. The van der Waals surface area contributed by atoms with E-state index in [1.54, 1.807) is 0 Å². The van der Waals surface area contributed by atoms with E-state index in [2.05, 4.69) is 24.1 Å². The second-order valence-electron chi connectivity index (χ2n) is 6.93. The number of carbonyl (C=O) groups excluding carboxylic acids is 2. The van der Waals surface area contributed by atoms with Gasteiger partial charge in [0.15, 0.2) is 6.61 Å². The first kappa shape index (κ1) is 21.3. The first-order valence-electron chi connectivity index (χ1n) is 10.1. The lowest BCUT2D eigenvalue weighted by molar-refractivity contribution is -0.119. The lowest BCUT2D eigenvalue weighted by Gasteiger charge is -2.28. The molecule has 29 heavy (non-hydrogen) atoms. The van der Waals surface area contributed by atoms with E-state index in [0.717, 1.165) is 51.3 Å². The van der Waals surface area contributed by atoms with Crippen LogP contribution in [0.25, 0.3) is 0 Å². The topological polar surface area (TPSA) is 67.9 Å². The van der Waals surface area contributed by atoms with Gasteiger partial charge in [-0.25, -0.2) is 4.79 Å². The molecule has 0 saturated carbocycles. The number of rotatable bonds is 8. The molecule has 1 aromatic carbocycles. The Kier molecular flexibility index (Phi) is 7.66. The van der Waals surface area contributed by atoms with Gasteiger partial charge in [-0.1, -0.05) is 20.3 Å². The van der Waals surface area contributed by atoms with Crippen LogP contribution in [0.1, 0.15) is 40.4 Å². The minimum absolute atomic E-state index is 0.299. The average Bonchev–Trinajstić information content (AvgIpc) is 3.16. The van der Waals surface area contributed by atoms with E-state index in [0.29, 0.717) is 10.6 Å². The monoisotopic (exact) mass is 416 g/mol. The molecule has 156 valence electrons. The number of esters is 1. The fourth-order valence-corrected chi connectivity index (χ4v) is 4.53. The third-order valence-corrected chi connectivity index (χ3v) is 6.03. The maximum absolute atomic E-state index is 12.3. The maximum atomic E-state index is 12.3. The van der Waals surface area contributed by atoms with Crippen LogP contribution >= 0.6 is 11.3 Å². The largest absolute Gasteiger partial charge is 0.451 e. The van der Waals surface area contributed by atoms with Gasteiger partial charge in [-0.15, -0.1) is 11.3 Å². The Balaban J connectivity index is 1.49. The van der Waals surface area contributed by atoms with Gasteiger partial charge in [-0.3, -0.25) is 4.79 Å². The molecule has 7 heteroatoms. The van der Waals surface area contributed by atoms with Crippen molar-refractivity contribution in [1.82, 2.24) is 0 Å². The summed E-state index contributed by atoms with van der Waals surface area (Å²) in [5.41, 5.74) is 2.97. The zero-order valence-electron chi connectivity index (χ0n) is 17.0. The van der Waals surface area contributed by atoms with Crippen molar-refractivity contribution in [3.63, 3.8) is 0 Å². The number of carbonyl (C=O) groups is 2. The highest BCUT2D eigenvalue weighted by Gasteiger charge is 2.16. The Morgan fingerprint density at radius 2 is 1.90 bits per heavy atom. The summed E-state index contributed by atoms with van der Waals surface area (Å²) in [6.07, 6.45) is 2.89. The van der Waals surface area contributed by atoms with Crippen LogP contribution in [0, 0.1) is 0 Å². The van der Waals surface area contributed by atoms with Gasteiger partial charge in [-0.2, -0.15) is 0 Å². The van der Waals surface area contributed by atoms with Crippen LogP contribution in [-0.2, 0) is 27.1 Å². The normalized spacial score (nSPS) is 13.9. The Morgan fingerprint density at radius 1 is 1.17 bits per heavy atom. The van der Waals surface area contributed by atoms with Crippen molar-refractivity contribution < 1.29 is 19.1 Å². The van der Waals surface area contributed by atoms with E-state index in [-0.39, 0.29) is 12.5 Å². The molecule has 1 saturated heterocycles. The third kappa shape index (κ3) is 5.81. The zero-order chi connectivity index (χ0) is 20.6. The van der Waals surface area contributed by atoms with Crippen LogP contribution < -0.4 is 10.2 Å². The number of amides is 1. The van der Waals surface area contributed by atoms with Gasteiger partial charge in [0.05, 0.1) is 13.2 Å². The van der Waals surface area contributed by atoms with Crippen molar-refractivity contribution in [3.8, 4) is 0 Å². The smallest absolute Gasteiger partial charge is 0.348 e. The summed E-state index contributed by atoms with van der Waals surface area (Å²) in [7, 11) is 0. The molecule has 1 amide bonds. The molecule has 0 spiro atoms. The highest BCUT2D eigenvalue weighted by molar-refractivity contribution is 7.14. The van der Waals surface area contributed by atoms with Crippen LogP contribution in [0.5, 0.6) is 0 Å². The standard InChI is InChI=1S/C22H28N2O4S/c1-3-5-19-16(4-2)14-20(29-19)22(26)28-15-21(25)23-17-6-8-18(9-7-17)24-10-12-27-13-11-24/h6-9,14H,3-5,10-13,15H2,1-2H3,(H,23,25). The molecule has 1 N–H and O–H groups in total. The first-order chi connectivity index (χ1) is 14.1. The predicted molar refractivity (Wildman–Crippen MR) is 116 cm³/mol. The maximum Gasteiger partial charge on any atom is 0.348 e. The number of nitrogens with one attached hydrogen (secondary N) is 1. The molecule has 0 bridgehead atoms. The van der Waals surface area contributed by atoms with Gasteiger partial charge in [0.2, 0.25) is 0 Å². The molecule has 1 fully saturated rings. The number of aryl methyl sites for hydroxylation is 2. The Bertz CT molecular complexity index is 826. The van der Waals surface area contributed by atoms with Gasteiger partial charge >= 0.3 is 5.97 Å². The fourth-order valence-electron chi connectivity index (χ4n) is 3.28. The lowest BCUT2D eigenvalue weighted by atomic mass is 10.1. The summed E-state index contributed by atoms with van der Waals surface area (Å²) >= 11 is 1.47. The van der Waals surface area contributed by atoms with Crippen molar-refractivity contribution in [2.45, 2.75) is 33.1 Å². The van der Waals surface area contributed by atoms with Crippen LogP contribution in [-0.4, -0.2) is 44.8 Å². The molecule has 3 rings (SSSR count). The van der Waals surface area contributed by atoms with Crippen molar-refractivity contribution in [2.75, 3.05) is 43.1 Å². The van der Waals surface area contributed by atoms with E-state index < -0.39 is 5.97 Å². The molecular formula is C22H28N2O4S. The summed E-state index contributed by atoms with van der Waals surface area (Å²) in [6, 6.07) is 9.54. The summed E-state index contributed by atoms with van der Waals surface area (Å²) in [5.74, 6) is -0.789. The molecule has 6 nitrogen and oxygen atoms in total. The Hall–Kier alpha value is -2.38. The van der Waals surface area contributed by atoms with Crippen molar-refractivity contribution in [2.24, 2.45) is 0 Å². The molecule has 2 heterocycles. The summed E-state index contributed by atoms with van der Waals surface area (Å²) in [5, 5.41) is 2.77. The molecule has 0 atom stereocenters. The molecule has 0 unspecified atom stereocenters. The average molecular weight is 417 g/mol. The van der Waals surface area contributed by atoms with Gasteiger partial charge in [0, 0.05) is 29.3 Å². The molecule has 1 aliphatic rings. The number of benzene rings is 1. The SMILES string of the molecule is CCCc1sc(C(=O)OCC(=O)Nc2ccc(N3CCOCC3)cc2)cc1CC. The minimum Gasteiger partial charge on any atom is -0.451 e. The predicted octanol–water partition coefficient (Wildman–Crippen LogP) is 3.90. The minimum atomic E-state index is -0.440. The lowest BCUT2D eigenvalue weighted by Crippen LogP contribution is -2.36. The highest BCUT2D eigenvalue weighted by atomic mass is 32.1. The van der Waals surface area contributed by atoms with Crippen LogP contribution in [0.2, 0.25) is 0 Å². The summed E-state index contributed by atoms with van der Waals surface area (Å²) in [6.45, 7) is 7.09. The number of anilines is 2. The summed E-state index contributed by atoms with van der Waals surface area (Å²) in [4.78, 5) is 28.5. The van der Waals surface area contributed by atoms with Crippen LogP contribution in [0.4, 0.5) is 11.4 Å². The first-order valence-corrected chi connectivity index (χ1v) is 10.9. The van der Waals surface area contributed by atoms with E-state index in [9.17, 15) is 9.59 Å².